The van der Waals surface area contributed by atoms with E-state index >= 15 is 0 Å². The minimum Gasteiger partial charge on any atom is -0.494 e. The van der Waals surface area contributed by atoms with Crippen LogP contribution in [-0.4, -0.2) is 14.8 Å². The fourth-order valence-electron chi connectivity index (χ4n) is 1.48. The van der Waals surface area contributed by atoms with Crippen molar-refractivity contribution in [1.29, 1.82) is 0 Å². The molecule has 0 saturated heterocycles. The van der Waals surface area contributed by atoms with Crippen LogP contribution in [0.3, 0.4) is 0 Å². The average Bonchev–Trinajstić information content (AvgIpc) is 2.56. The molecule has 16 heavy (non-hydrogen) atoms. The minimum absolute atomic E-state index is 0.0605. The Morgan fingerprint density at radius 1 is 1.12 bits per heavy atom. The molecule has 0 saturated carbocycles. The van der Waals surface area contributed by atoms with Gasteiger partial charge in [-0.1, -0.05) is 22.6 Å². The first kappa shape index (κ1) is 12.0. The Labute approximate surface area is 120 Å². The van der Waals surface area contributed by atoms with E-state index in [1.54, 1.807) is 6.07 Å². The fraction of sp³-hybridized carbons (Fsp3) is 0.0909. The van der Waals surface area contributed by atoms with E-state index < -0.39 is 0 Å². The van der Waals surface area contributed by atoms with Gasteiger partial charge in [0, 0.05) is 19.6 Å². The van der Waals surface area contributed by atoms with Crippen LogP contribution in [0.25, 0.3) is 5.69 Å². The molecule has 0 aliphatic heterocycles. The van der Waals surface area contributed by atoms with Gasteiger partial charge in [0.05, 0.1) is 5.69 Å². The summed E-state index contributed by atoms with van der Waals surface area (Å²) in [6.45, 7) is 0. The van der Waals surface area contributed by atoms with Gasteiger partial charge in [0.25, 0.3) is 0 Å². The minimum atomic E-state index is 0.0605. The van der Waals surface area contributed by atoms with Crippen molar-refractivity contribution in [2.45, 2.75) is 4.43 Å². The van der Waals surface area contributed by atoms with Gasteiger partial charge in [-0.2, -0.15) is 0 Å². The fourth-order valence-corrected chi connectivity index (χ4v) is 2.40. The summed E-state index contributed by atoms with van der Waals surface area (Å²) in [6, 6.07) is 9.16. The van der Waals surface area contributed by atoms with Crippen LogP contribution in [0.1, 0.15) is 5.56 Å². The van der Waals surface area contributed by atoms with Gasteiger partial charge in [0.2, 0.25) is 5.88 Å². The molecule has 2 aromatic rings. The first-order valence-corrected chi connectivity index (χ1v) is 7.18. The zero-order valence-corrected chi connectivity index (χ0v) is 12.5. The molecule has 2 N–H and O–H groups in total. The highest BCUT2D eigenvalue weighted by atomic mass is 127. The maximum atomic E-state index is 9.93. The van der Waals surface area contributed by atoms with Gasteiger partial charge in [-0.25, -0.2) is 0 Å². The Morgan fingerprint density at radius 3 is 2.25 bits per heavy atom. The normalized spacial score (nSPS) is 10.6. The maximum Gasteiger partial charge on any atom is 0.202 e. The molecule has 0 fully saturated rings. The van der Waals surface area contributed by atoms with E-state index in [9.17, 15) is 10.2 Å². The molecule has 2 rings (SSSR count). The highest BCUT2D eigenvalue weighted by Crippen LogP contribution is 2.32. The van der Waals surface area contributed by atoms with Crippen LogP contribution in [0.5, 0.6) is 11.8 Å². The molecule has 5 heteroatoms. The van der Waals surface area contributed by atoms with Gasteiger partial charge in [-0.3, -0.25) is 4.57 Å². The van der Waals surface area contributed by atoms with Crippen molar-refractivity contribution in [3.05, 3.63) is 39.5 Å². The van der Waals surface area contributed by atoms with E-state index in [1.807, 2.05) is 24.3 Å². The second-order valence-electron chi connectivity index (χ2n) is 3.30. The van der Waals surface area contributed by atoms with Crippen LogP contribution in [0.4, 0.5) is 0 Å². The molecule has 0 atom stereocenters. The lowest BCUT2D eigenvalue weighted by molar-refractivity contribution is 0.401. The highest BCUT2D eigenvalue weighted by Gasteiger charge is 2.13. The monoisotopic (exact) mass is 441 g/mol. The van der Waals surface area contributed by atoms with Crippen LogP contribution in [-0.2, 0) is 4.43 Å². The predicted octanol–water partition coefficient (Wildman–Crippen LogP) is 3.43. The van der Waals surface area contributed by atoms with Gasteiger partial charge in [0.1, 0.15) is 0 Å². The predicted molar refractivity (Wildman–Crippen MR) is 79.5 cm³/mol. The van der Waals surface area contributed by atoms with Gasteiger partial charge in [-0.05, 0) is 46.9 Å². The zero-order valence-electron chi connectivity index (χ0n) is 8.19. The van der Waals surface area contributed by atoms with Gasteiger partial charge < -0.3 is 10.2 Å². The maximum absolute atomic E-state index is 9.93. The summed E-state index contributed by atoms with van der Waals surface area (Å²) in [5, 5.41) is 19.7. The van der Waals surface area contributed by atoms with Gasteiger partial charge in [0.15, 0.2) is 5.88 Å². The molecule has 1 aromatic heterocycles. The largest absolute Gasteiger partial charge is 0.494 e. The van der Waals surface area contributed by atoms with E-state index in [2.05, 4.69) is 45.2 Å². The van der Waals surface area contributed by atoms with Crippen LogP contribution in [0.15, 0.2) is 30.3 Å². The number of nitrogens with zero attached hydrogens (tertiary/aromatic N) is 1. The van der Waals surface area contributed by atoms with E-state index in [-0.39, 0.29) is 11.8 Å². The summed E-state index contributed by atoms with van der Waals surface area (Å²) in [5.41, 5.74) is 1.49. The second-order valence-corrected chi connectivity index (χ2v) is 5.31. The van der Waals surface area contributed by atoms with Crippen molar-refractivity contribution < 1.29 is 10.2 Å². The molecule has 0 spiro atoms. The van der Waals surface area contributed by atoms with Crippen molar-refractivity contribution in [2.24, 2.45) is 0 Å². The van der Waals surface area contributed by atoms with Crippen LogP contribution in [0, 0.1) is 3.57 Å². The molecular formula is C11H9I2NO2. The molecule has 0 radical (unpaired) electrons. The summed E-state index contributed by atoms with van der Waals surface area (Å²) in [5.74, 6) is 0.165. The van der Waals surface area contributed by atoms with Gasteiger partial charge in [-0.15, -0.1) is 0 Å². The summed E-state index contributed by atoms with van der Waals surface area (Å²) in [7, 11) is 0. The van der Waals surface area contributed by atoms with Crippen molar-refractivity contribution in [3.63, 3.8) is 0 Å². The lowest BCUT2D eigenvalue weighted by Gasteiger charge is -2.06. The Kier molecular flexibility index (Phi) is 3.63. The number of benzene rings is 1. The number of hydrogen-bond acceptors (Lipinski definition) is 2. The SMILES string of the molecule is Oc1cc(CI)c(O)n1-c1ccc(I)cc1. The summed E-state index contributed by atoms with van der Waals surface area (Å²) >= 11 is 4.36. The third kappa shape index (κ3) is 2.15. The third-order valence-electron chi connectivity index (χ3n) is 2.26. The average molecular weight is 441 g/mol. The van der Waals surface area contributed by atoms with Crippen LogP contribution in [0.2, 0.25) is 0 Å². The molecule has 3 nitrogen and oxygen atoms in total. The number of hydrogen-bond donors (Lipinski definition) is 2. The lowest BCUT2D eigenvalue weighted by Crippen LogP contribution is -1.92. The first-order chi connectivity index (χ1) is 7.63. The van der Waals surface area contributed by atoms with Crippen molar-refractivity contribution in [3.8, 4) is 17.4 Å². The number of rotatable bonds is 2. The number of aromatic hydroxyl groups is 2. The summed E-state index contributed by atoms with van der Waals surface area (Å²) in [4.78, 5) is 0. The van der Waals surface area contributed by atoms with Crippen LogP contribution < -0.4 is 0 Å². The lowest BCUT2D eigenvalue weighted by atomic mass is 10.3. The van der Waals surface area contributed by atoms with Gasteiger partial charge >= 0.3 is 0 Å². The summed E-state index contributed by atoms with van der Waals surface area (Å²) < 4.78 is 3.21. The molecule has 0 bridgehead atoms. The first-order valence-electron chi connectivity index (χ1n) is 4.58. The third-order valence-corrected chi connectivity index (χ3v) is 3.80. The van der Waals surface area contributed by atoms with Crippen molar-refractivity contribution in [2.75, 3.05) is 0 Å². The quantitative estimate of drug-likeness (QED) is 0.555. The Hall–Kier alpha value is -0.440. The van der Waals surface area contributed by atoms with Crippen molar-refractivity contribution >= 4 is 45.2 Å². The molecule has 0 aliphatic carbocycles. The molecule has 0 amide bonds. The Bertz CT molecular complexity index is 505. The highest BCUT2D eigenvalue weighted by molar-refractivity contribution is 14.1. The Morgan fingerprint density at radius 2 is 1.75 bits per heavy atom. The topological polar surface area (TPSA) is 45.4 Å². The number of aromatic nitrogens is 1. The van der Waals surface area contributed by atoms with E-state index in [0.29, 0.717) is 4.43 Å². The van der Waals surface area contributed by atoms with Crippen LogP contribution >= 0.6 is 45.2 Å². The molecule has 0 aliphatic rings. The standard InChI is InChI=1S/C11H9I2NO2/c12-6-7-5-10(15)14(11(7)16)9-3-1-8(13)2-4-9/h1-5,15-16H,6H2. The Balaban J connectivity index is 2.55. The van der Waals surface area contributed by atoms with E-state index in [1.165, 1.54) is 4.57 Å². The van der Waals surface area contributed by atoms with Crippen molar-refractivity contribution in [1.82, 2.24) is 4.57 Å². The van der Waals surface area contributed by atoms with E-state index in [4.69, 9.17) is 0 Å². The second kappa shape index (κ2) is 4.82. The smallest absolute Gasteiger partial charge is 0.202 e. The van der Waals surface area contributed by atoms with E-state index in [0.717, 1.165) is 14.8 Å². The molecule has 84 valence electrons. The number of halogens is 2. The molecule has 0 unspecified atom stereocenters. The molecular weight excluding hydrogens is 432 g/mol. The zero-order chi connectivity index (χ0) is 11.7. The number of alkyl halides is 1. The molecule has 1 heterocycles. The molecule has 1 aromatic carbocycles. The summed E-state index contributed by atoms with van der Waals surface area (Å²) in [6.07, 6.45) is 0.